The first-order chi connectivity index (χ1) is 6.66. The number of ketones is 1. The van der Waals surface area contributed by atoms with E-state index in [-0.39, 0.29) is 17.5 Å². The van der Waals surface area contributed by atoms with E-state index in [1.54, 1.807) is 0 Å². The van der Waals surface area contributed by atoms with Crippen molar-refractivity contribution in [3.63, 3.8) is 0 Å². The molecule has 1 saturated carbocycles. The minimum Gasteiger partial charge on any atom is -0.300 e. The highest BCUT2D eigenvalue weighted by Gasteiger charge is 2.25. The molecule has 1 aliphatic rings. The van der Waals surface area contributed by atoms with Crippen LogP contribution in [0.4, 0.5) is 4.39 Å². The predicted molar refractivity (Wildman–Crippen MR) is 52.7 cm³/mol. The molecule has 0 spiro atoms. The molecule has 0 aliphatic heterocycles. The molecule has 1 aliphatic carbocycles. The first-order valence-electron chi connectivity index (χ1n) is 4.94. The van der Waals surface area contributed by atoms with Gasteiger partial charge >= 0.3 is 0 Å². The summed E-state index contributed by atoms with van der Waals surface area (Å²) >= 11 is 0. The molecule has 0 amide bonds. The number of hydrogen-bond acceptors (Lipinski definition) is 1. The van der Waals surface area contributed by atoms with Gasteiger partial charge in [-0.1, -0.05) is 12.1 Å². The van der Waals surface area contributed by atoms with Crippen molar-refractivity contribution < 1.29 is 9.18 Å². The lowest BCUT2D eigenvalue weighted by atomic mass is 9.96. The van der Waals surface area contributed by atoms with Crippen LogP contribution >= 0.6 is 0 Å². The topological polar surface area (TPSA) is 17.1 Å². The molecule has 0 N–H and O–H groups in total. The fraction of sp³-hybridized carbons (Fsp3) is 0.417. The maximum absolute atomic E-state index is 13.5. The quantitative estimate of drug-likeness (QED) is 0.668. The number of carbonyl (C=O) groups excluding carboxylic acids is 1. The Bertz CT molecular complexity index is 371. The molecule has 14 heavy (non-hydrogen) atoms. The molecule has 1 nitrogen and oxygen atoms in total. The first-order valence-corrected chi connectivity index (χ1v) is 4.94. The van der Waals surface area contributed by atoms with Gasteiger partial charge in [-0.15, -0.1) is 0 Å². The third-order valence-electron chi connectivity index (χ3n) is 2.84. The van der Waals surface area contributed by atoms with Gasteiger partial charge in [-0.2, -0.15) is 0 Å². The highest BCUT2D eigenvalue weighted by Crippen LogP contribution is 2.33. The van der Waals surface area contributed by atoms with Gasteiger partial charge in [0.25, 0.3) is 0 Å². The van der Waals surface area contributed by atoms with Crippen LogP contribution in [0.1, 0.15) is 36.3 Å². The Balaban J connectivity index is 2.28. The van der Waals surface area contributed by atoms with Gasteiger partial charge in [0.1, 0.15) is 11.6 Å². The summed E-state index contributed by atoms with van der Waals surface area (Å²) in [6, 6.07) is 5.26. The molecule has 0 heterocycles. The minimum absolute atomic E-state index is 0.114. The molecule has 2 heteroatoms. The van der Waals surface area contributed by atoms with Gasteiger partial charge in [-0.05, 0) is 36.5 Å². The second-order valence-corrected chi connectivity index (χ2v) is 4.00. The number of rotatable bonds is 1. The summed E-state index contributed by atoms with van der Waals surface area (Å²) in [5.74, 6) is 0.211. The molecule has 1 aromatic rings. The van der Waals surface area contributed by atoms with Crippen LogP contribution in [0.3, 0.4) is 0 Å². The van der Waals surface area contributed by atoms with Crippen LogP contribution in [-0.4, -0.2) is 5.78 Å². The van der Waals surface area contributed by atoms with E-state index in [4.69, 9.17) is 0 Å². The largest absolute Gasteiger partial charge is 0.300 e. The van der Waals surface area contributed by atoms with Crippen molar-refractivity contribution >= 4 is 5.78 Å². The summed E-state index contributed by atoms with van der Waals surface area (Å²) in [4.78, 5) is 11.1. The second-order valence-electron chi connectivity index (χ2n) is 4.00. The number of aryl methyl sites for hydroxylation is 1. The summed E-state index contributed by atoms with van der Waals surface area (Å²) in [6.07, 6.45) is 1.93. The van der Waals surface area contributed by atoms with E-state index < -0.39 is 0 Å². The van der Waals surface area contributed by atoms with Gasteiger partial charge in [0.15, 0.2) is 0 Å². The summed E-state index contributed by atoms with van der Waals surface area (Å²) in [7, 11) is 0. The number of halogens is 1. The second kappa shape index (κ2) is 3.52. The third kappa shape index (κ3) is 1.69. The van der Waals surface area contributed by atoms with Crippen LogP contribution in [0.15, 0.2) is 18.2 Å². The Hall–Kier alpha value is -1.18. The molecule has 0 bridgehead atoms. The van der Waals surface area contributed by atoms with Gasteiger partial charge in [-0.25, -0.2) is 4.39 Å². The Morgan fingerprint density at radius 2 is 2.21 bits per heavy atom. The van der Waals surface area contributed by atoms with Gasteiger partial charge < -0.3 is 0 Å². The van der Waals surface area contributed by atoms with Crippen molar-refractivity contribution in [2.24, 2.45) is 0 Å². The van der Waals surface area contributed by atoms with Crippen LogP contribution in [0, 0.1) is 12.7 Å². The zero-order valence-electron chi connectivity index (χ0n) is 8.22. The highest BCUT2D eigenvalue weighted by molar-refractivity contribution is 5.81. The number of hydrogen-bond donors (Lipinski definition) is 0. The van der Waals surface area contributed by atoms with E-state index in [2.05, 4.69) is 0 Å². The molecule has 1 aromatic carbocycles. The van der Waals surface area contributed by atoms with Crippen LogP contribution in [-0.2, 0) is 4.79 Å². The van der Waals surface area contributed by atoms with Gasteiger partial charge in [-0.3, -0.25) is 4.79 Å². The minimum atomic E-state index is -0.162. The van der Waals surface area contributed by atoms with Crippen molar-refractivity contribution in [3.05, 3.63) is 35.1 Å². The molecule has 0 saturated heterocycles. The molecule has 0 aromatic heterocycles. The van der Waals surface area contributed by atoms with E-state index in [9.17, 15) is 9.18 Å². The molecule has 1 fully saturated rings. The smallest absolute Gasteiger partial charge is 0.133 e. The summed E-state index contributed by atoms with van der Waals surface area (Å²) < 4.78 is 13.5. The zero-order valence-corrected chi connectivity index (χ0v) is 8.22. The average Bonchev–Trinajstić information content (AvgIpc) is 2.51. The Morgan fingerprint density at radius 3 is 2.79 bits per heavy atom. The van der Waals surface area contributed by atoms with Crippen LogP contribution in [0.2, 0.25) is 0 Å². The Labute approximate surface area is 82.9 Å². The van der Waals surface area contributed by atoms with Gasteiger partial charge in [0, 0.05) is 12.8 Å². The van der Waals surface area contributed by atoms with Crippen LogP contribution in [0.25, 0.3) is 0 Å². The normalized spacial score (nSPS) is 21.6. The van der Waals surface area contributed by atoms with Gasteiger partial charge in [0.2, 0.25) is 0 Å². The standard InChI is InChI=1S/C12H13FO/c1-8-2-5-11(12(13)6-8)9-3-4-10(14)7-9/h2,5-6,9H,3-4,7H2,1H3. The molecule has 1 unspecified atom stereocenters. The van der Waals surface area contributed by atoms with E-state index in [0.29, 0.717) is 18.4 Å². The lowest BCUT2D eigenvalue weighted by molar-refractivity contribution is -0.117. The van der Waals surface area contributed by atoms with Crippen molar-refractivity contribution in [2.45, 2.75) is 32.1 Å². The maximum Gasteiger partial charge on any atom is 0.133 e. The van der Waals surface area contributed by atoms with Crippen molar-refractivity contribution in [3.8, 4) is 0 Å². The Kier molecular flexibility index (Phi) is 2.36. The molecular formula is C12H13FO. The molecular weight excluding hydrogens is 179 g/mol. The average molecular weight is 192 g/mol. The SMILES string of the molecule is Cc1ccc(C2CCC(=O)C2)c(F)c1. The predicted octanol–water partition coefficient (Wildman–Crippen LogP) is 2.97. The molecule has 1 atom stereocenters. The molecule has 2 rings (SSSR count). The fourth-order valence-electron chi connectivity index (χ4n) is 2.04. The van der Waals surface area contributed by atoms with Crippen molar-refractivity contribution in [1.29, 1.82) is 0 Å². The summed E-state index contributed by atoms with van der Waals surface area (Å²) in [5, 5.41) is 0. The number of benzene rings is 1. The van der Waals surface area contributed by atoms with E-state index in [0.717, 1.165) is 12.0 Å². The van der Waals surface area contributed by atoms with Crippen molar-refractivity contribution in [2.75, 3.05) is 0 Å². The first kappa shape index (κ1) is 9.38. The highest BCUT2D eigenvalue weighted by atomic mass is 19.1. The van der Waals surface area contributed by atoms with Gasteiger partial charge in [0.05, 0.1) is 0 Å². The lowest BCUT2D eigenvalue weighted by Crippen LogP contribution is -1.98. The lowest BCUT2D eigenvalue weighted by Gasteiger charge is -2.09. The van der Waals surface area contributed by atoms with Crippen LogP contribution in [0.5, 0.6) is 0 Å². The van der Waals surface area contributed by atoms with E-state index >= 15 is 0 Å². The maximum atomic E-state index is 13.5. The number of carbonyl (C=O) groups is 1. The summed E-state index contributed by atoms with van der Waals surface area (Å²) in [6.45, 7) is 1.87. The van der Waals surface area contributed by atoms with E-state index in [1.807, 2.05) is 19.1 Å². The molecule has 0 radical (unpaired) electrons. The zero-order chi connectivity index (χ0) is 10.1. The molecule has 74 valence electrons. The van der Waals surface area contributed by atoms with Crippen LogP contribution < -0.4 is 0 Å². The third-order valence-corrected chi connectivity index (χ3v) is 2.84. The monoisotopic (exact) mass is 192 g/mol. The van der Waals surface area contributed by atoms with E-state index in [1.165, 1.54) is 6.07 Å². The Morgan fingerprint density at radius 1 is 1.43 bits per heavy atom. The summed E-state index contributed by atoms with van der Waals surface area (Å²) in [5.41, 5.74) is 1.64. The van der Waals surface area contributed by atoms with Crippen molar-refractivity contribution in [1.82, 2.24) is 0 Å². The number of Topliss-reactive ketones (excluding diaryl/α,β-unsaturated/α-hetero) is 1. The fourth-order valence-corrected chi connectivity index (χ4v) is 2.04.